The highest BCUT2D eigenvalue weighted by Gasteiger charge is 2.42. The molecule has 1 fully saturated rings. The van der Waals surface area contributed by atoms with Crippen LogP contribution in [0.1, 0.15) is 12.8 Å². The normalized spacial score (nSPS) is 34.1. The molecule has 0 amide bonds. The van der Waals surface area contributed by atoms with Gasteiger partial charge in [0.1, 0.15) is 6.10 Å². The van der Waals surface area contributed by atoms with Crippen molar-refractivity contribution in [2.45, 2.75) is 37.3 Å². The summed E-state index contributed by atoms with van der Waals surface area (Å²) in [5.41, 5.74) is 0. The van der Waals surface area contributed by atoms with Crippen molar-refractivity contribution in [3.63, 3.8) is 0 Å². The Morgan fingerprint density at radius 1 is 1.25 bits per heavy atom. The molecule has 0 heterocycles. The Morgan fingerprint density at radius 2 is 1.85 bits per heavy atom. The molecule has 0 bridgehead atoms. The lowest BCUT2D eigenvalue weighted by Crippen LogP contribution is -2.37. The van der Waals surface area contributed by atoms with Crippen LogP contribution in [-0.2, 0) is 14.6 Å². The summed E-state index contributed by atoms with van der Waals surface area (Å²) >= 11 is 0. The van der Waals surface area contributed by atoms with Crippen LogP contribution in [0.15, 0.2) is 0 Å². The Balaban J connectivity index is 2.66. The van der Waals surface area contributed by atoms with Crippen LogP contribution in [-0.4, -0.2) is 76.1 Å². The van der Waals surface area contributed by atoms with E-state index in [-0.39, 0.29) is 12.8 Å². The summed E-state index contributed by atoms with van der Waals surface area (Å²) in [4.78, 5) is 0. The Labute approximate surface area is 116 Å². The summed E-state index contributed by atoms with van der Waals surface area (Å²) < 4.78 is 33.8. The molecule has 10 heteroatoms. The van der Waals surface area contributed by atoms with Gasteiger partial charge in [0.25, 0.3) is 0 Å². The van der Waals surface area contributed by atoms with Gasteiger partial charge < -0.3 is 25.5 Å². The van der Waals surface area contributed by atoms with Gasteiger partial charge in [0.15, 0.2) is 0 Å². The van der Waals surface area contributed by atoms with Crippen LogP contribution < -0.4 is 0 Å². The maximum absolute atomic E-state index is 10.6. The fourth-order valence-corrected chi connectivity index (χ4v) is 3.05. The summed E-state index contributed by atoms with van der Waals surface area (Å²) in [7, 11) is -4.82. The Kier molecular flexibility index (Phi) is 6.28. The summed E-state index contributed by atoms with van der Waals surface area (Å²) in [5.74, 6) is -1.14. The first kappa shape index (κ1) is 17.7. The lowest BCUT2D eigenvalue weighted by Gasteiger charge is -2.25. The monoisotopic (exact) mass is 316 g/mol. The van der Waals surface area contributed by atoms with Crippen LogP contribution in [0.3, 0.4) is 0 Å². The average molecular weight is 316 g/mol. The van der Waals surface area contributed by atoms with Gasteiger partial charge >= 0.3 is 10.4 Å². The first-order chi connectivity index (χ1) is 9.19. The van der Waals surface area contributed by atoms with Gasteiger partial charge in [-0.3, -0.25) is 4.55 Å². The highest BCUT2D eigenvalue weighted by molar-refractivity contribution is 7.80. The van der Waals surface area contributed by atoms with E-state index in [1.54, 1.807) is 0 Å². The van der Waals surface area contributed by atoms with E-state index in [1.807, 2.05) is 0 Å². The van der Waals surface area contributed by atoms with E-state index in [1.165, 1.54) is 0 Å². The Bertz CT molecular complexity index is 398. The zero-order valence-corrected chi connectivity index (χ0v) is 11.4. The zero-order chi connectivity index (χ0) is 15.5. The van der Waals surface area contributed by atoms with E-state index in [9.17, 15) is 23.7 Å². The molecular formula is C10H20O9S. The lowest BCUT2D eigenvalue weighted by molar-refractivity contribution is -0.0237. The largest absolute Gasteiger partial charge is 0.397 e. The van der Waals surface area contributed by atoms with Gasteiger partial charge in [-0.15, -0.1) is 0 Å². The SMILES string of the molecule is O=S(=O)(O)O[C@@H](CO)[C@H](O)C[C@@H]1C[C@@H](O)[C@H](O)[C@H]1CO. The summed E-state index contributed by atoms with van der Waals surface area (Å²) in [6.07, 6.45) is -5.17. The average Bonchev–Trinajstić information content (AvgIpc) is 2.60. The highest BCUT2D eigenvalue weighted by Crippen LogP contribution is 2.36. The number of hydrogen-bond acceptors (Lipinski definition) is 8. The molecule has 20 heavy (non-hydrogen) atoms. The smallest absolute Gasteiger partial charge is 0.396 e. The molecule has 1 saturated carbocycles. The third-order valence-corrected chi connectivity index (χ3v) is 4.08. The van der Waals surface area contributed by atoms with Crippen molar-refractivity contribution in [3.8, 4) is 0 Å². The minimum atomic E-state index is -4.82. The van der Waals surface area contributed by atoms with Crippen molar-refractivity contribution in [2.24, 2.45) is 11.8 Å². The second-order valence-corrected chi connectivity index (χ2v) is 6.00. The van der Waals surface area contributed by atoms with Gasteiger partial charge in [-0.2, -0.15) is 8.42 Å². The molecule has 0 spiro atoms. The maximum atomic E-state index is 10.6. The molecule has 6 N–H and O–H groups in total. The quantitative estimate of drug-likeness (QED) is 0.273. The molecule has 0 aliphatic heterocycles. The third-order valence-electron chi connectivity index (χ3n) is 3.59. The van der Waals surface area contributed by atoms with Gasteiger partial charge in [-0.1, -0.05) is 0 Å². The molecular weight excluding hydrogens is 296 g/mol. The van der Waals surface area contributed by atoms with Crippen LogP contribution in [0.2, 0.25) is 0 Å². The van der Waals surface area contributed by atoms with Crippen molar-refractivity contribution in [3.05, 3.63) is 0 Å². The van der Waals surface area contributed by atoms with Crippen LogP contribution in [0, 0.1) is 11.8 Å². The van der Waals surface area contributed by atoms with E-state index in [2.05, 4.69) is 4.18 Å². The van der Waals surface area contributed by atoms with Gasteiger partial charge in [0, 0.05) is 12.5 Å². The van der Waals surface area contributed by atoms with Gasteiger partial charge in [0.2, 0.25) is 0 Å². The molecule has 6 atom stereocenters. The fraction of sp³-hybridized carbons (Fsp3) is 1.00. The first-order valence-corrected chi connectivity index (χ1v) is 7.47. The Hall–Kier alpha value is -0.330. The number of aliphatic hydroxyl groups excluding tert-OH is 5. The zero-order valence-electron chi connectivity index (χ0n) is 10.6. The van der Waals surface area contributed by atoms with Crippen LogP contribution in [0.5, 0.6) is 0 Å². The van der Waals surface area contributed by atoms with Gasteiger partial charge in [0.05, 0.1) is 24.9 Å². The summed E-state index contributed by atoms with van der Waals surface area (Å²) in [6, 6.07) is 0. The molecule has 0 radical (unpaired) electrons. The molecule has 0 aromatic rings. The summed E-state index contributed by atoms with van der Waals surface area (Å²) in [6.45, 7) is -1.25. The molecule has 0 unspecified atom stereocenters. The third kappa shape index (κ3) is 4.60. The molecule has 1 aliphatic carbocycles. The minimum absolute atomic E-state index is 0.111. The number of aliphatic hydroxyl groups is 5. The predicted octanol–water partition coefficient (Wildman–Crippen LogP) is -2.73. The number of hydrogen-bond donors (Lipinski definition) is 6. The van der Waals surface area contributed by atoms with Gasteiger partial charge in [-0.25, -0.2) is 4.18 Å². The fourth-order valence-electron chi connectivity index (χ4n) is 2.55. The van der Waals surface area contributed by atoms with E-state index in [0.717, 1.165) is 0 Å². The Morgan fingerprint density at radius 3 is 2.30 bits per heavy atom. The van der Waals surface area contributed by atoms with Crippen LogP contribution in [0.4, 0.5) is 0 Å². The van der Waals surface area contributed by atoms with Crippen molar-refractivity contribution in [2.75, 3.05) is 13.2 Å². The topological polar surface area (TPSA) is 165 Å². The van der Waals surface area contributed by atoms with Crippen molar-refractivity contribution < 1.29 is 42.7 Å². The molecule has 1 aliphatic rings. The minimum Gasteiger partial charge on any atom is -0.396 e. The maximum Gasteiger partial charge on any atom is 0.397 e. The standard InChI is InChI=1S/C10H20O9S/c11-3-6-5(2-8(14)10(6)15)1-7(13)9(4-12)19-20(16,17)18/h5-15H,1-4H2,(H,16,17,18)/t5-,6+,7-,8-,9+,10-/m1/s1. The second-order valence-electron chi connectivity index (χ2n) is 4.95. The van der Waals surface area contributed by atoms with Crippen LogP contribution in [0.25, 0.3) is 0 Å². The highest BCUT2D eigenvalue weighted by atomic mass is 32.3. The second kappa shape index (κ2) is 7.09. The molecule has 120 valence electrons. The first-order valence-electron chi connectivity index (χ1n) is 6.11. The van der Waals surface area contributed by atoms with Gasteiger partial charge in [-0.05, 0) is 18.8 Å². The number of rotatable bonds is 7. The summed E-state index contributed by atoms with van der Waals surface area (Å²) in [5, 5.41) is 47.0. The van der Waals surface area contributed by atoms with Crippen molar-refractivity contribution >= 4 is 10.4 Å². The van der Waals surface area contributed by atoms with E-state index in [0.29, 0.717) is 0 Å². The molecule has 9 nitrogen and oxygen atoms in total. The molecule has 1 rings (SSSR count). The van der Waals surface area contributed by atoms with Crippen molar-refractivity contribution in [1.29, 1.82) is 0 Å². The lowest BCUT2D eigenvalue weighted by atomic mass is 9.89. The molecule has 0 aromatic carbocycles. The predicted molar refractivity (Wildman–Crippen MR) is 64.8 cm³/mol. The molecule has 0 saturated heterocycles. The van der Waals surface area contributed by atoms with Crippen molar-refractivity contribution in [1.82, 2.24) is 0 Å². The molecule has 0 aromatic heterocycles. The van der Waals surface area contributed by atoms with Crippen LogP contribution >= 0.6 is 0 Å². The van der Waals surface area contributed by atoms with E-state index in [4.69, 9.17) is 14.8 Å². The van der Waals surface area contributed by atoms with E-state index >= 15 is 0 Å². The van der Waals surface area contributed by atoms with E-state index < -0.39 is 59.9 Å².